The van der Waals surface area contributed by atoms with Crippen molar-refractivity contribution in [1.82, 2.24) is 20.5 Å². The predicted octanol–water partition coefficient (Wildman–Crippen LogP) is 1.33. The van der Waals surface area contributed by atoms with Gasteiger partial charge in [-0.15, -0.1) is 5.10 Å². The van der Waals surface area contributed by atoms with Crippen LogP contribution in [0, 0.1) is 0 Å². The molecule has 2 aromatic heterocycles. The lowest BCUT2D eigenvalue weighted by Crippen LogP contribution is -2.15. The van der Waals surface area contributed by atoms with Crippen molar-refractivity contribution in [3.05, 3.63) is 36.0 Å². The van der Waals surface area contributed by atoms with Gasteiger partial charge >= 0.3 is 6.01 Å². The van der Waals surface area contributed by atoms with Crippen LogP contribution in [0.25, 0.3) is 0 Å². The topological polar surface area (TPSA) is 75.9 Å². The molecule has 6 nitrogen and oxygen atoms in total. The van der Waals surface area contributed by atoms with Crippen LogP contribution in [0.4, 0.5) is 6.01 Å². The van der Waals surface area contributed by atoms with Crippen molar-refractivity contribution in [2.45, 2.75) is 32.0 Å². The van der Waals surface area contributed by atoms with Crippen LogP contribution < -0.4 is 10.6 Å². The van der Waals surface area contributed by atoms with E-state index in [0.29, 0.717) is 31.0 Å². The molecule has 1 saturated carbocycles. The number of nitrogens with zero attached hydrogens (tertiary/aromatic N) is 3. The van der Waals surface area contributed by atoms with E-state index < -0.39 is 0 Å². The Balaban J connectivity index is 1.50. The van der Waals surface area contributed by atoms with E-state index >= 15 is 0 Å². The molecule has 0 aliphatic heterocycles. The molecule has 0 aromatic carbocycles. The highest BCUT2D eigenvalue weighted by molar-refractivity contribution is 5.19. The van der Waals surface area contributed by atoms with Gasteiger partial charge < -0.3 is 15.1 Å². The van der Waals surface area contributed by atoms with Crippen molar-refractivity contribution in [3.8, 4) is 0 Å². The van der Waals surface area contributed by atoms with Gasteiger partial charge in [0.05, 0.1) is 18.8 Å². The Bertz CT molecular complexity index is 494. The van der Waals surface area contributed by atoms with Gasteiger partial charge in [-0.05, 0) is 25.0 Å². The van der Waals surface area contributed by atoms with E-state index in [9.17, 15) is 0 Å². The lowest BCUT2D eigenvalue weighted by atomic mass is 10.3. The van der Waals surface area contributed by atoms with Gasteiger partial charge in [0.1, 0.15) is 0 Å². The maximum Gasteiger partial charge on any atom is 0.315 e. The van der Waals surface area contributed by atoms with E-state index in [0.717, 1.165) is 5.69 Å². The van der Waals surface area contributed by atoms with Crippen molar-refractivity contribution >= 4 is 6.01 Å². The number of aromatic nitrogens is 3. The lowest BCUT2D eigenvalue weighted by Gasteiger charge is -1.99. The van der Waals surface area contributed by atoms with Gasteiger partial charge in [-0.1, -0.05) is 11.2 Å². The molecule has 94 valence electrons. The van der Waals surface area contributed by atoms with Crippen LogP contribution in [-0.4, -0.2) is 21.2 Å². The number of anilines is 1. The first-order valence-electron chi connectivity index (χ1n) is 6.10. The van der Waals surface area contributed by atoms with E-state index in [1.54, 1.807) is 6.20 Å². The standard InChI is InChI=1S/C12H15N5O/c1-2-6-13-10(3-1)7-15-12-17-16-11(18-12)8-14-9-4-5-9/h1-3,6,9,14H,4-5,7-8H2,(H,15,17). The highest BCUT2D eigenvalue weighted by Crippen LogP contribution is 2.19. The summed E-state index contributed by atoms with van der Waals surface area (Å²) in [5, 5.41) is 14.3. The Morgan fingerprint density at radius 1 is 1.22 bits per heavy atom. The summed E-state index contributed by atoms with van der Waals surface area (Å²) in [5.74, 6) is 0.616. The molecule has 0 saturated heterocycles. The second-order valence-electron chi connectivity index (χ2n) is 4.33. The SMILES string of the molecule is c1ccc(CNc2nnc(CNC3CC3)o2)nc1. The lowest BCUT2D eigenvalue weighted by molar-refractivity contribution is 0.475. The number of nitrogens with one attached hydrogen (secondary N) is 2. The van der Waals surface area contributed by atoms with Crippen LogP contribution in [-0.2, 0) is 13.1 Å². The number of pyridine rings is 1. The minimum Gasteiger partial charge on any atom is -0.407 e. The van der Waals surface area contributed by atoms with Gasteiger partial charge in [0, 0.05) is 12.2 Å². The highest BCUT2D eigenvalue weighted by atomic mass is 16.4. The average Bonchev–Trinajstić information content (AvgIpc) is 3.14. The smallest absolute Gasteiger partial charge is 0.315 e. The van der Waals surface area contributed by atoms with Crippen molar-refractivity contribution in [2.24, 2.45) is 0 Å². The molecule has 0 bridgehead atoms. The second-order valence-corrected chi connectivity index (χ2v) is 4.33. The zero-order valence-electron chi connectivity index (χ0n) is 9.97. The maximum absolute atomic E-state index is 5.46. The Morgan fingerprint density at radius 3 is 2.94 bits per heavy atom. The highest BCUT2D eigenvalue weighted by Gasteiger charge is 2.21. The number of hydrogen-bond donors (Lipinski definition) is 2. The first-order valence-corrected chi connectivity index (χ1v) is 6.10. The summed E-state index contributed by atoms with van der Waals surface area (Å²) in [4.78, 5) is 4.20. The third-order valence-electron chi connectivity index (χ3n) is 2.73. The first kappa shape index (κ1) is 11.2. The molecule has 1 fully saturated rings. The van der Waals surface area contributed by atoms with Gasteiger partial charge in [-0.25, -0.2) is 0 Å². The molecule has 0 spiro atoms. The fraction of sp³-hybridized carbons (Fsp3) is 0.417. The molecule has 3 rings (SSSR count). The summed E-state index contributed by atoms with van der Waals surface area (Å²) in [6.07, 6.45) is 4.26. The van der Waals surface area contributed by atoms with E-state index in [1.807, 2.05) is 18.2 Å². The van der Waals surface area contributed by atoms with Crippen LogP contribution in [0.15, 0.2) is 28.8 Å². The minimum absolute atomic E-state index is 0.438. The summed E-state index contributed by atoms with van der Waals surface area (Å²) in [6, 6.07) is 6.86. The van der Waals surface area contributed by atoms with E-state index in [-0.39, 0.29) is 0 Å². The van der Waals surface area contributed by atoms with Crippen molar-refractivity contribution in [1.29, 1.82) is 0 Å². The molecule has 0 radical (unpaired) electrons. The summed E-state index contributed by atoms with van der Waals surface area (Å²) in [7, 11) is 0. The number of hydrogen-bond acceptors (Lipinski definition) is 6. The first-order chi connectivity index (χ1) is 8.90. The molecular formula is C12H15N5O. The van der Waals surface area contributed by atoms with Gasteiger partial charge in [0.2, 0.25) is 5.89 Å². The van der Waals surface area contributed by atoms with E-state index in [1.165, 1.54) is 12.8 Å². The van der Waals surface area contributed by atoms with Gasteiger partial charge in [0.25, 0.3) is 0 Å². The Morgan fingerprint density at radius 2 is 2.17 bits per heavy atom. The zero-order chi connectivity index (χ0) is 12.2. The van der Waals surface area contributed by atoms with Gasteiger partial charge in [-0.3, -0.25) is 4.98 Å². The molecule has 0 atom stereocenters. The molecule has 2 N–H and O–H groups in total. The Kier molecular flexibility index (Phi) is 3.18. The Labute approximate surface area is 105 Å². The third-order valence-corrected chi connectivity index (χ3v) is 2.73. The summed E-state index contributed by atoms with van der Waals surface area (Å²) < 4.78 is 5.46. The van der Waals surface area contributed by atoms with Crippen molar-refractivity contribution < 1.29 is 4.42 Å². The summed E-state index contributed by atoms with van der Waals surface area (Å²) in [5.41, 5.74) is 0.938. The molecular weight excluding hydrogens is 230 g/mol. The molecule has 6 heteroatoms. The monoisotopic (exact) mass is 245 g/mol. The summed E-state index contributed by atoms with van der Waals surface area (Å²) in [6.45, 7) is 1.22. The molecule has 1 aliphatic carbocycles. The van der Waals surface area contributed by atoms with Crippen molar-refractivity contribution in [2.75, 3.05) is 5.32 Å². The minimum atomic E-state index is 0.438. The average molecular weight is 245 g/mol. The van der Waals surface area contributed by atoms with Crippen LogP contribution in [0.1, 0.15) is 24.4 Å². The van der Waals surface area contributed by atoms with Gasteiger partial charge in [-0.2, -0.15) is 0 Å². The Hall–Kier alpha value is -1.95. The molecule has 2 heterocycles. The fourth-order valence-corrected chi connectivity index (χ4v) is 1.58. The maximum atomic E-state index is 5.46. The van der Waals surface area contributed by atoms with Crippen molar-refractivity contribution in [3.63, 3.8) is 0 Å². The molecule has 18 heavy (non-hydrogen) atoms. The van der Waals surface area contributed by atoms with Gasteiger partial charge in [0.15, 0.2) is 0 Å². The predicted molar refractivity (Wildman–Crippen MR) is 65.7 cm³/mol. The van der Waals surface area contributed by atoms with E-state index in [4.69, 9.17) is 4.42 Å². The fourth-order valence-electron chi connectivity index (χ4n) is 1.58. The summed E-state index contributed by atoms with van der Waals surface area (Å²) >= 11 is 0. The molecule has 0 unspecified atom stereocenters. The molecule has 2 aromatic rings. The molecule has 1 aliphatic rings. The number of rotatable bonds is 6. The third kappa shape index (κ3) is 3.04. The quantitative estimate of drug-likeness (QED) is 0.799. The van der Waals surface area contributed by atoms with Crippen LogP contribution >= 0.6 is 0 Å². The van der Waals surface area contributed by atoms with Crippen LogP contribution in [0.3, 0.4) is 0 Å². The molecule has 0 amide bonds. The zero-order valence-corrected chi connectivity index (χ0v) is 9.97. The normalized spacial score (nSPS) is 14.7. The van der Waals surface area contributed by atoms with E-state index in [2.05, 4.69) is 25.8 Å². The van der Waals surface area contributed by atoms with Crippen LogP contribution in [0.2, 0.25) is 0 Å². The second kappa shape index (κ2) is 5.14. The van der Waals surface area contributed by atoms with Crippen LogP contribution in [0.5, 0.6) is 0 Å². The largest absolute Gasteiger partial charge is 0.407 e.